The maximum absolute atomic E-state index is 11.8. The number of fused-ring (bicyclic) bond motifs is 1. The zero-order chi connectivity index (χ0) is 18.4. The highest BCUT2D eigenvalue weighted by atomic mass is 35.5. The molecule has 1 heterocycles. The number of sulfonamides is 1. The van der Waals surface area contributed by atoms with Crippen LogP contribution in [0.1, 0.15) is 0 Å². The molecule has 2 aromatic carbocycles. The third-order valence-corrected chi connectivity index (χ3v) is 5.22. The molecule has 0 spiro atoms. The van der Waals surface area contributed by atoms with E-state index >= 15 is 0 Å². The monoisotopic (exact) mass is 400 g/mol. The van der Waals surface area contributed by atoms with Gasteiger partial charge in [-0.05, 0) is 24.3 Å². The number of halogens is 2. The van der Waals surface area contributed by atoms with Crippen LogP contribution in [0, 0.1) is 0 Å². The molecule has 0 aliphatic carbocycles. The second kappa shape index (κ2) is 6.26. The van der Waals surface area contributed by atoms with Crippen molar-refractivity contribution in [3.8, 4) is 0 Å². The smallest absolute Gasteiger partial charge is 0.239 e. The van der Waals surface area contributed by atoms with Gasteiger partial charge in [0.2, 0.25) is 16.3 Å². The fraction of sp³-hybridized carbons (Fsp3) is 0.0714. The van der Waals surface area contributed by atoms with Crippen molar-refractivity contribution in [2.24, 2.45) is 21.6 Å². The van der Waals surface area contributed by atoms with E-state index in [1.807, 2.05) is 0 Å². The van der Waals surface area contributed by atoms with E-state index in [1.54, 1.807) is 29.2 Å². The Labute approximate surface area is 154 Å². The van der Waals surface area contributed by atoms with Crippen LogP contribution in [0.5, 0.6) is 0 Å². The van der Waals surface area contributed by atoms with Crippen molar-refractivity contribution in [3.63, 3.8) is 0 Å². The Balaban J connectivity index is 2.24. The minimum absolute atomic E-state index is 0.0155. The second-order valence-corrected chi connectivity index (χ2v) is 7.58. The highest BCUT2D eigenvalue weighted by Crippen LogP contribution is 2.45. The van der Waals surface area contributed by atoms with Gasteiger partial charge in [0.15, 0.2) is 5.96 Å². The molecule has 11 heteroatoms. The van der Waals surface area contributed by atoms with Gasteiger partial charge in [0.1, 0.15) is 4.90 Å². The number of para-hydroxylation sites is 1. The highest BCUT2D eigenvalue weighted by Gasteiger charge is 2.33. The number of nitrogens with zero attached hydrogens (tertiary/aromatic N) is 2. The average Bonchev–Trinajstić information content (AvgIpc) is 2.81. The molecule has 8 nitrogen and oxygen atoms in total. The number of guanidine groups is 1. The van der Waals surface area contributed by atoms with Crippen LogP contribution in [0.15, 0.2) is 46.3 Å². The summed E-state index contributed by atoms with van der Waals surface area (Å²) in [4.78, 5) is 5.56. The van der Waals surface area contributed by atoms with E-state index in [-0.39, 0.29) is 15.9 Å². The number of benzene rings is 2. The largest absolute Gasteiger partial charge is 0.370 e. The van der Waals surface area contributed by atoms with Gasteiger partial charge in [-0.25, -0.2) is 18.5 Å². The SMILES string of the molecule is NC(N)=NC1Nc2cc(Cl)c(S(N)(=O)=O)cc2N1c1ccccc1Cl. The molecule has 0 amide bonds. The fourth-order valence-corrected chi connectivity index (χ4v) is 3.87. The van der Waals surface area contributed by atoms with E-state index in [0.29, 0.717) is 22.1 Å². The molecule has 0 radical (unpaired) electrons. The van der Waals surface area contributed by atoms with Crippen molar-refractivity contribution in [1.82, 2.24) is 0 Å². The standard InChI is InChI=1S/C14H14Cl2N6O2S/c15-7-3-1-2-4-10(7)22-11-6-12(25(19,23)24)8(16)5-9(11)20-14(22)21-13(17)18/h1-6,14,20H,(H4,17,18,21)(H2,19,23,24). The number of nitrogens with two attached hydrogens (primary N) is 3. The molecule has 0 saturated carbocycles. The van der Waals surface area contributed by atoms with Crippen molar-refractivity contribution in [3.05, 3.63) is 46.4 Å². The van der Waals surface area contributed by atoms with Crippen molar-refractivity contribution < 1.29 is 8.42 Å². The van der Waals surface area contributed by atoms with Crippen LogP contribution < -0.4 is 26.8 Å². The van der Waals surface area contributed by atoms with Crippen molar-refractivity contribution in [1.29, 1.82) is 0 Å². The van der Waals surface area contributed by atoms with Crippen LogP contribution in [-0.2, 0) is 10.0 Å². The molecule has 0 aromatic heterocycles. The number of primary sulfonamides is 1. The maximum atomic E-state index is 11.8. The summed E-state index contributed by atoms with van der Waals surface area (Å²) in [6.45, 7) is 0. The molecular formula is C14H14Cl2N6O2S. The minimum atomic E-state index is -4.02. The van der Waals surface area contributed by atoms with E-state index in [2.05, 4.69) is 10.3 Å². The number of hydrogen-bond acceptors (Lipinski definition) is 5. The predicted molar refractivity (Wildman–Crippen MR) is 99.6 cm³/mol. The van der Waals surface area contributed by atoms with Crippen LogP contribution in [0.2, 0.25) is 10.0 Å². The number of nitrogens with one attached hydrogen (secondary N) is 1. The predicted octanol–water partition coefficient (Wildman–Crippen LogP) is 1.76. The van der Waals surface area contributed by atoms with Crippen molar-refractivity contribution >= 4 is 56.2 Å². The molecule has 0 bridgehead atoms. The summed E-state index contributed by atoms with van der Waals surface area (Å²) in [7, 11) is -4.02. The number of rotatable bonds is 3. The summed E-state index contributed by atoms with van der Waals surface area (Å²) >= 11 is 12.3. The molecule has 1 atom stereocenters. The van der Waals surface area contributed by atoms with Crippen LogP contribution in [-0.4, -0.2) is 20.7 Å². The van der Waals surface area contributed by atoms with Gasteiger partial charge in [-0.15, -0.1) is 0 Å². The lowest BCUT2D eigenvalue weighted by Gasteiger charge is -2.25. The first-order valence-electron chi connectivity index (χ1n) is 6.94. The van der Waals surface area contributed by atoms with E-state index in [1.165, 1.54) is 12.1 Å². The molecule has 0 fully saturated rings. The Bertz CT molecular complexity index is 975. The van der Waals surface area contributed by atoms with Crippen LogP contribution in [0.4, 0.5) is 17.1 Å². The van der Waals surface area contributed by atoms with Gasteiger partial charge < -0.3 is 16.8 Å². The number of aliphatic imine (C=N–C) groups is 1. The van der Waals surface area contributed by atoms with Gasteiger partial charge in [-0.1, -0.05) is 35.3 Å². The summed E-state index contributed by atoms with van der Waals surface area (Å²) in [5, 5.41) is 8.71. The first-order chi connectivity index (χ1) is 11.7. The third kappa shape index (κ3) is 3.31. The first kappa shape index (κ1) is 17.6. The van der Waals surface area contributed by atoms with Gasteiger partial charge in [0.05, 0.1) is 27.1 Å². The van der Waals surface area contributed by atoms with E-state index in [4.69, 9.17) is 39.8 Å². The lowest BCUT2D eigenvalue weighted by Crippen LogP contribution is -2.35. The zero-order valence-electron chi connectivity index (χ0n) is 12.6. The highest BCUT2D eigenvalue weighted by molar-refractivity contribution is 7.89. The summed E-state index contributed by atoms with van der Waals surface area (Å²) in [5.74, 6) is -0.153. The molecule has 0 saturated heterocycles. The lowest BCUT2D eigenvalue weighted by molar-refractivity contribution is 0.598. The summed E-state index contributed by atoms with van der Waals surface area (Å²) in [6.07, 6.45) is -0.730. The number of anilines is 3. The summed E-state index contributed by atoms with van der Waals surface area (Å²) < 4.78 is 23.6. The molecular weight excluding hydrogens is 387 g/mol. The Morgan fingerprint density at radius 3 is 2.40 bits per heavy atom. The second-order valence-electron chi connectivity index (χ2n) is 5.24. The van der Waals surface area contributed by atoms with E-state index in [9.17, 15) is 8.42 Å². The summed E-state index contributed by atoms with van der Waals surface area (Å²) in [5.41, 5.74) is 12.6. The van der Waals surface area contributed by atoms with Crippen molar-refractivity contribution in [2.45, 2.75) is 11.2 Å². The Morgan fingerprint density at radius 2 is 1.80 bits per heavy atom. The van der Waals surface area contributed by atoms with Crippen LogP contribution in [0.25, 0.3) is 0 Å². The normalized spacial score (nSPS) is 16.3. The van der Waals surface area contributed by atoms with Crippen LogP contribution in [0.3, 0.4) is 0 Å². The third-order valence-electron chi connectivity index (χ3n) is 3.53. The van der Waals surface area contributed by atoms with Gasteiger partial charge in [-0.3, -0.25) is 4.90 Å². The average molecular weight is 401 g/mol. The Kier molecular flexibility index (Phi) is 4.41. The van der Waals surface area contributed by atoms with Gasteiger partial charge >= 0.3 is 0 Å². The molecule has 1 unspecified atom stereocenters. The van der Waals surface area contributed by atoms with Crippen molar-refractivity contribution in [2.75, 3.05) is 10.2 Å². The molecule has 132 valence electrons. The molecule has 3 rings (SSSR count). The lowest BCUT2D eigenvalue weighted by atomic mass is 10.2. The van der Waals surface area contributed by atoms with Gasteiger partial charge in [0.25, 0.3) is 0 Å². The summed E-state index contributed by atoms with van der Waals surface area (Å²) in [6, 6.07) is 9.79. The Morgan fingerprint density at radius 1 is 1.12 bits per heavy atom. The van der Waals surface area contributed by atoms with Gasteiger partial charge in [0, 0.05) is 0 Å². The van der Waals surface area contributed by atoms with E-state index in [0.717, 1.165) is 0 Å². The fourth-order valence-electron chi connectivity index (χ4n) is 2.55. The molecule has 7 N–H and O–H groups in total. The maximum Gasteiger partial charge on any atom is 0.239 e. The number of hydrogen-bond donors (Lipinski definition) is 4. The topological polar surface area (TPSA) is 140 Å². The minimum Gasteiger partial charge on any atom is -0.370 e. The van der Waals surface area contributed by atoms with E-state index < -0.39 is 16.3 Å². The Hall–Kier alpha value is -2.20. The van der Waals surface area contributed by atoms with Crippen LogP contribution >= 0.6 is 23.2 Å². The molecule has 25 heavy (non-hydrogen) atoms. The quantitative estimate of drug-likeness (QED) is 0.456. The molecule has 1 aliphatic rings. The first-order valence-corrected chi connectivity index (χ1v) is 9.24. The molecule has 2 aromatic rings. The van der Waals surface area contributed by atoms with Gasteiger partial charge in [-0.2, -0.15) is 0 Å². The molecule has 1 aliphatic heterocycles. The zero-order valence-corrected chi connectivity index (χ0v) is 15.0.